The number of nitrogens with one attached hydrogen (secondary N) is 2. The minimum atomic E-state index is -0.344. The van der Waals surface area contributed by atoms with Gasteiger partial charge in [-0.1, -0.05) is 35.3 Å². The van der Waals surface area contributed by atoms with Crippen LogP contribution in [0, 0.1) is 5.82 Å². The van der Waals surface area contributed by atoms with E-state index in [-0.39, 0.29) is 5.82 Å². The van der Waals surface area contributed by atoms with Gasteiger partial charge in [0.2, 0.25) is 0 Å². The Hall–Kier alpha value is -1.67. The standard InChI is InChI=1S/C17H12BrCl2FN4S/c18-14-9-25(8-10-4-5-11(19)6-15(10)20)24-16(14)23-17(26)22-13-3-1-2-12(21)7-13/h1-7,9H,8H2,(H2,22,23,24,26). The summed E-state index contributed by atoms with van der Waals surface area (Å²) in [6, 6.07) is 11.3. The summed E-state index contributed by atoms with van der Waals surface area (Å²) in [5.74, 6) is 0.187. The molecule has 0 saturated carbocycles. The fourth-order valence-corrected chi connectivity index (χ4v) is 3.32. The molecule has 26 heavy (non-hydrogen) atoms. The van der Waals surface area contributed by atoms with Crippen LogP contribution in [0.2, 0.25) is 10.0 Å². The van der Waals surface area contributed by atoms with Crippen molar-refractivity contribution >= 4 is 68.0 Å². The van der Waals surface area contributed by atoms with Gasteiger partial charge in [0.15, 0.2) is 10.9 Å². The van der Waals surface area contributed by atoms with E-state index in [2.05, 4.69) is 31.7 Å². The molecule has 1 aromatic heterocycles. The highest BCUT2D eigenvalue weighted by Crippen LogP contribution is 2.24. The Bertz CT molecular complexity index is 964. The maximum atomic E-state index is 13.2. The van der Waals surface area contributed by atoms with E-state index in [9.17, 15) is 4.39 Å². The third-order valence-electron chi connectivity index (χ3n) is 3.38. The van der Waals surface area contributed by atoms with E-state index < -0.39 is 0 Å². The van der Waals surface area contributed by atoms with Crippen molar-refractivity contribution in [3.63, 3.8) is 0 Å². The van der Waals surface area contributed by atoms with Crippen LogP contribution in [0.5, 0.6) is 0 Å². The van der Waals surface area contributed by atoms with Gasteiger partial charge in [0.25, 0.3) is 0 Å². The molecule has 0 radical (unpaired) electrons. The zero-order chi connectivity index (χ0) is 18.7. The van der Waals surface area contributed by atoms with Crippen LogP contribution in [0.15, 0.2) is 53.1 Å². The van der Waals surface area contributed by atoms with Crippen LogP contribution in [-0.4, -0.2) is 14.9 Å². The number of aromatic nitrogens is 2. The van der Waals surface area contributed by atoms with Gasteiger partial charge in [0, 0.05) is 21.9 Å². The SMILES string of the molecule is Fc1cccc(NC(=S)Nc2nn(Cc3ccc(Cl)cc3Cl)cc2Br)c1. The van der Waals surface area contributed by atoms with Gasteiger partial charge in [-0.3, -0.25) is 4.68 Å². The molecule has 0 spiro atoms. The second-order valence-corrected chi connectivity index (χ2v) is 7.45. The van der Waals surface area contributed by atoms with E-state index in [1.54, 1.807) is 35.1 Å². The Labute approximate surface area is 173 Å². The molecule has 4 nitrogen and oxygen atoms in total. The van der Waals surface area contributed by atoms with Gasteiger partial charge >= 0.3 is 0 Å². The van der Waals surface area contributed by atoms with Gasteiger partial charge in [-0.2, -0.15) is 5.10 Å². The molecule has 0 fully saturated rings. The number of rotatable bonds is 4. The molecule has 0 unspecified atom stereocenters. The second-order valence-electron chi connectivity index (χ2n) is 5.35. The van der Waals surface area contributed by atoms with Crippen molar-refractivity contribution in [2.45, 2.75) is 6.54 Å². The molecule has 0 aliphatic heterocycles. The summed E-state index contributed by atoms with van der Waals surface area (Å²) in [5, 5.41) is 11.8. The summed E-state index contributed by atoms with van der Waals surface area (Å²) in [6.45, 7) is 0.473. The Morgan fingerprint density at radius 2 is 2.00 bits per heavy atom. The summed E-state index contributed by atoms with van der Waals surface area (Å²) in [5.41, 5.74) is 1.43. The fourth-order valence-electron chi connectivity index (χ4n) is 2.22. The summed E-state index contributed by atoms with van der Waals surface area (Å²) in [4.78, 5) is 0. The molecule has 0 aliphatic rings. The first-order valence-electron chi connectivity index (χ1n) is 7.41. The first-order valence-corrected chi connectivity index (χ1v) is 9.37. The molecule has 0 saturated heterocycles. The fraction of sp³-hybridized carbons (Fsp3) is 0.0588. The first-order chi connectivity index (χ1) is 12.4. The lowest BCUT2D eigenvalue weighted by atomic mass is 10.2. The van der Waals surface area contributed by atoms with Crippen LogP contribution in [0.3, 0.4) is 0 Å². The predicted molar refractivity (Wildman–Crippen MR) is 112 cm³/mol. The van der Waals surface area contributed by atoms with Crippen molar-refractivity contribution in [1.29, 1.82) is 0 Å². The zero-order valence-electron chi connectivity index (χ0n) is 13.1. The zero-order valence-corrected chi connectivity index (χ0v) is 17.1. The van der Waals surface area contributed by atoms with Gasteiger partial charge in [-0.25, -0.2) is 4.39 Å². The summed E-state index contributed by atoms with van der Waals surface area (Å²) in [6.07, 6.45) is 1.80. The maximum absolute atomic E-state index is 13.2. The highest BCUT2D eigenvalue weighted by molar-refractivity contribution is 9.10. The van der Waals surface area contributed by atoms with Crippen molar-refractivity contribution in [1.82, 2.24) is 9.78 Å². The van der Waals surface area contributed by atoms with Crippen LogP contribution >= 0.6 is 51.3 Å². The number of hydrogen-bond donors (Lipinski definition) is 2. The first kappa shape index (κ1) is 19.1. The van der Waals surface area contributed by atoms with E-state index in [0.29, 0.717) is 33.2 Å². The van der Waals surface area contributed by atoms with E-state index in [1.807, 2.05) is 6.07 Å². The average molecular weight is 474 g/mol. The minimum Gasteiger partial charge on any atom is -0.332 e. The van der Waals surface area contributed by atoms with Crippen molar-refractivity contribution in [3.05, 3.63) is 74.6 Å². The molecule has 0 amide bonds. The monoisotopic (exact) mass is 472 g/mol. The highest BCUT2D eigenvalue weighted by Gasteiger charge is 2.10. The molecule has 134 valence electrons. The van der Waals surface area contributed by atoms with Crippen molar-refractivity contribution in [2.75, 3.05) is 10.6 Å². The second kappa shape index (κ2) is 8.35. The van der Waals surface area contributed by atoms with E-state index >= 15 is 0 Å². The molecule has 2 N–H and O–H groups in total. The van der Waals surface area contributed by atoms with Gasteiger partial charge in [0.05, 0.1) is 11.0 Å². The third kappa shape index (κ3) is 4.94. The summed E-state index contributed by atoms with van der Waals surface area (Å²) in [7, 11) is 0. The molecule has 9 heteroatoms. The maximum Gasteiger partial charge on any atom is 0.176 e. The normalized spacial score (nSPS) is 10.6. The van der Waals surface area contributed by atoms with E-state index in [1.165, 1.54) is 12.1 Å². The van der Waals surface area contributed by atoms with Crippen LogP contribution < -0.4 is 10.6 Å². The number of nitrogens with zero attached hydrogens (tertiary/aromatic N) is 2. The van der Waals surface area contributed by atoms with Crippen LogP contribution in [0.4, 0.5) is 15.9 Å². The lowest BCUT2D eigenvalue weighted by molar-refractivity contribution is 0.628. The predicted octanol–water partition coefficient (Wildman–Crippen LogP) is 5.95. The highest BCUT2D eigenvalue weighted by atomic mass is 79.9. The number of hydrogen-bond acceptors (Lipinski definition) is 2. The minimum absolute atomic E-state index is 0.297. The van der Waals surface area contributed by atoms with Gasteiger partial charge in [-0.15, -0.1) is 0 Å². The molecule has 1 heterocycles. The van der Waals surface area contributed by atoms with Gasteiger partial charge < -0.3 is 10.6 Å². The Morgan fingerprint density at radius 3 is 2.73 bits per heavy atom. The molecule has 0 bridgehead atoms. The Morgan fingerprint density at radius 1 is 1.19 bits per heavy atom. The number of benzene rings is 2. The topological polar surface area (TPSA) is 41.9 Å². The van der Waals surface area contributed by atoms with Gasteiger partial charge in [-0.05, 0) is 64.0 Å². The molecule has 0 aliphatic carbocycles. The number of halogens is 4. The molecular formula is C17H12BrCl2FN4S. The lowest BCUT2D eigenvalue weighted by Crippen LogP contribution is -2.19. The van der Waals surface area contributed by atoms with Crippen molar-refractivity contribution < 1.29 is 4.39 Å². The third-order valence-corrected chi connectivity index (χ3v) is 4.75. The summed E-state index contributed by atoms with van der Waals surface area (Å²) >= 11 is 20.8. The van der Waals surface area contributed by atoms with Crippen LogP contribution in [0.25, 0.3) is 0 Å². The Kier molecular flexibility index (Phi) is 6.13. The quantitative estimate of drug-likeness (QED) is 0.459. The largest absolute Gasteiger partial charge is 0.332 e. The molecule has 3 rings (SSSR count). The van der Waals surface area contributed by atoms with Crippen molar-refractivity contribution in [2.24, 2.45) is 0 Å². The van der Waals surface area contributed by atoms with Crippen LogP contribution in [0.1, 0.15) is 5.56 Å². The van der Waals surface area contributed by atoms with Gasteiger partial charge in [0.1, 0.15) is 5.82 Å². The van der Waals surface area contributed by atoms with Crippen molar-refractivity contribution in [3.8, 4) is 0 Å². The Balaban J connectivity index is 1.68. The number of thiocarbonyl (C=S) groups is 1. The van der Waals surface area contributed by atoms with E-state index in [0.717, 1.165) is 10.0 Å². The van der Waals surface area contributed by atoms with E-state index in [4.69, 9.17) is 35.4 Å². The summed E-state index contributed by atoms with van der Waals surface area (Å²) < 4.78 is 15.7. The molecule has 2 aromatic carbocycles. The number of anilines is 2. The molecular weight excluding hydrogens is 462 g/mol. The molecule has 3 aromatic rings. The molecule has 0 atom stereocenters. The van der Waals surface area contributed by atoms with Crippen LogP contribution in [-0.2, 0) is 6.54 Å². The smallest absolute Gasteiger partial charge is 0.176 e. The lowest BCUT2D eigenvalue weighted by Gasteiger charge is -2.09. The average Bonchev–Trinajstić information content (AvgIpc) is 2.89.